The molecule has 0 amide bonds. The van der Waals surface area contributed by atoms with E-state index in [9.17, 15) is 8.42 Å². The molecule has 2 N–H and O–H groups in total. The third-order valence-electron chi connectivity index (χ3n) is 2.52. The minimum atomic E-state index is -3.71. The lowest BCUT2D eigenvalue weighted by atomic mass is 10.5. The molecule has 1 aromatic heterocycles. The number of aliphatic hydroxyl groups excluding tert-OH is 1. The number of rotatable bonds is 8. The van der Waals surface area contributed by atoms with Gasteiger partial charge in [0.25, 0.3) is 0 Å². The van der Waals surface area contributed by atoms with Crippen LogP contribution in [0.3, 0.4) is 0 Å². The van der Waals surface area contributed by atoms with E-state index < -0.39 is 10.0 Å². The average molecular weight is 289 g/mol. The van der Waals surface area contributed by atoms with Gasteiger partial charge in [-0.2, -0.15) is 4.31 Å². The SMILES string of the molecule is CNc1ncccc1S(=O)(=O)N(CCO)CCOC. The van der Waals surface area contributed by atoms with Crippen LogP contribution in [0.5, 0.6) is 0 Å². The lowest BCUT2D eigenvalue weighted by Crippen LogP contribution is -2.36. The van der Waals surface area contributed by atoms with Crippen molar-refractivity contribution in [2.24, 2.45) is 0 Å². The molecular formula is C11H19N3O4S. The highest BCUT2D eigenvalue weighted by molar-refractivity contribution is 7.89. The summed E-state index contributed by atoms with van der Waals surface area (Å²) in [7, 11) is -0.613. The Labute approximate surface area is 113 Å². The molecule has 0 spiro atoms. The lowest BCUT2D eigenvalue weighted by Gasteiger charge is -2.21. The number of methoxy groups -OCH3 is 1. The molecular weight excluding hydrogens is 270 g/mol. The Hall–Kier alpha value is -1.22. The molecule has 19 heavy (non-hydrogen) atoms. The van der Waals surface area contributed by atoms with Gasteiger partial charge in [-0.15, -0.1) is 0 Å². The fraction of sp³-hybridized carbons (Fsp3) is 0.545. The Bertz CT molecular complexity index is 492. The molecule has 0 fully saturated rings. The zero-order chi connectivity index (χ0) is 14.3. The number of sulfonamides is 1. The number of hydrogen-bond donors (Lipinski definition) is 2. The first kappa shape index (κ1) is 15.8. The molecule has 0 radical (unpaired) electrons. The third-order valence-corrected chi connectivity index (χ3v) is 4.45. The van der Waals surface area contributed by atoms with Crippen molar-refractivity contribution >= 4 is 15.8 Å². The summed E-state index contributed by atoms with van der Waals surface area (Å²) in [4.78, 5) is 4.06. The summed E-state index contributed by atoms with van der Waals surface area (Å²) in [6.45, 7) is 0.202. The highest BCUT2D eigenvalue weighted by Gasteiger charge is 2.26. The Balaban J connectivity index is 3.11. The predicted molar refractivity (Wildman–Crippen MR) is 71.5 cm³/mol. The standard InChI is InChI=1S/C11H19N3O4S/c1-12-11-10(4-3-5-13-11)19(16,17)14(6-8-15)7-9-18-2/h3-5,15H,6-9H2,1-2H3,(H,12,13). The van der Waals surface area contributed by atoms with Gasteiger partial charge in [-0.1, -0.05) is 0 Å². The van der Waals surface area contributed by atoms with Crippen molar-refractivity contribution in [1.82, 2.24) is 9.29 Å². The topological polar surface area (TPSA) is 91.8 Å². The van der Waals surface area contributed by atoms with E-state index in [0.29, 0.717) is 0 Å². The van der Waals surface area contributed by atoms with Gasteiger partial charge in [-0.3, -0.25) is 0 Å². The largest absolute Gasteiger partial charge is 0.395 e. The molecule has 0 unspecified atom stereocenters. The van der Waals surface area contributed by atoms with Crippen LogP contribution in [0, 0.1) is 0 Å². The number of anilines is 1. The molecule has 0 bridgehead atoms. The monoisotopic (exact) mass is 289 g/mol. The predicted octanol–water partition coefficient (Wildman–Crippen LogP) is -0.247. The Kier molecular flexibility index (Phi) is 6.16. The van der Waals surface area contributed by atoms with Crippen molar-refractivity contribution in [3.63, 3.8) is 0 Å². The smallest absolute Gasteiger partial charge is 0.246 e. The molecule has 0 saturated carbocycles. The first-order valence-corrected chi connectivity index (χ1v) is 7.24. The lowest BCUT2D eigenvalue weighted by molar-refractivity contribution is 0.168. The number of ether oxygens (including phenoxy) is 1. The summed E-state index contributed by atoms with van der Waals surface area (Å²) >= 11 is 0. The van der Waals surface area contributed by atoms with E-state index in [0.717, 1.165) is 0 Å². The quantitative estimate of drug-likeness (QED) is 0.686. The van der Waals surface area contributed by atoms with Crippen molar-refractivity contribution in [3.8, 4) is 0 Å². The van der Waals surface area contributed by atoms with E-state index in [4.69, 9.17) is 9.84 Å². The number of hydrogen-bond acceptors (Lipinski definition) is 6. The van der Waals surface area contributed by atoms with E-state index in [1.54, 1.807) is 13.1 Å². The molecule has 1 heterocycles. The Morgan fingerprint density at radius 2 is 2.21 bits per heavy atom. The van der Waals surface area contributed by atoms with Gasteiger partial charge in [0.15, 0.2) is 0 Å². The molecule has 0 aliphatic heterocycles. The Morgan fingerprint density at radius 1 is 1.47 bits per heavy atom. The highest BCUT2D eigenvalue weighted by Crippen LogP contribution is 2.21. The molecule has 0 atom stereocenters. The number of aliphatic hydroxyl groups is 1. The summed E-state index contributed by atoms with van der Waals surface area (Å²) in [5, 5.41) is 11.7. The molecule has 0 saturated heterocycles. The van der Waals surface area contributed by atoms with Crippen molar-refractivity contribution in [2.75, 3.05) is 45.8 Å². The molecule has 8 heteroatoms. The van der Waals surface area contributed by atoms with Gasteiger partial charge in [0.1, 0.15) is 10.7 Å². The van der Waals surface area contributed by atoms with Crippen molar-refractivity contribution in [1.29, 1.82) is 0 Å². The van der Waals surface area contributed by atoms with Crippen LogP contribution in [0.1, 0.15) is 0 Å². The van der Waals surface area contributed by atoms with Gasteiger partial charge >= 0.3 is 0 Å². The minimum Gasteiger partial charge on any atom is -0.395 e. The first-order valence-electron chi connectivity index (χ1n) is 5.80. The molecule has 7 nitrogen and oxygen atoms in total. The number of nitrogens with one attached hydrogen (secondary N) is 1. The van der Waals surface area contributed by atoms with Crippen LogP contribution in [0.4, 0.5) is 5.82 Å². The van der Waals surface area contributed by atoms with Crippen LogP contribution in [0.15, 0.2) is 23.2 Å². The normalized spacial score (nSPS) is 11.8. The average Bonchev–Trinajstić information content (AvgIpc) is 2.43. The fourth-order valence-electron chi connectivity index (χ4n) is 1.58. The Morgan fingerprint density at radius 3 is 2.79 bits per heavy atom. The summed E-state index contributed by atoms with van der Waals surface area (Å²) in [6, 6.07) is 3.03. The zero-order valence-corrected chi connectivity index (χ0v) is 11.9. The van der Waals surface area contributed by atoms with Crippen LogP contribution >= 0.6 is 0 Å². The second-order valence-corrected chi connectivity index (χ2v) is 5.63. The number of aromatic nitrogens is 1. The van der Waals surface area contributed by atoms with Crippen LogP contribution in [-0.2, 0) is 14.8 Å². The van der Waals surface area contributed by atoms with Crippen molar-refractivity contribution in [3.05, 3.63) is 18.3 Å². The molecule has 108 valence electrons. The van der Waals surface area contributed by atoms with Crippen molar-refractivity contribution < 1.29 is 18.3 Å². The summed E-state index contributed by atoms with van der Waals surface area (Å²) in [5.74, 6) is 0.280. The van der Waals surface area contributed by atoms with E-state index in [1.165, 1.54) is 23.7 Å². The maximum Gasteiger partial charge on any atom is 0.246 e. The van der Waals surface area contributed by atoms with Gasteiger partial charge in [-0.05, 0) is 12.1 Å². The maximum atomic E-state index is 12.5. The van der Waals surface area contributed by atoms with E-state index in [1.807, 2.05) is 0 Å². The van der Waals surface area contributed by atoms with Crippen LogP contribution in [0.25, 0.3) is 0 Å². The molecule has 0 aromatic carbocycles. The van der Waals surface area contributed by atoms with Gasteiger partial charge in [0, 0.05) is 33.4 Å². The molecule has 1 aromatic rings. The summed E-state index contributed by atoms with van der Waals surface area (Å²) < 4.78 is 31.0. The molecule has 1 rings (SSSR count). The van der Waals surface area contributed by atoms with Crippen molar-refractivity contribution in [2.45, 2.75) is 4.90 Å². The fourth-order valence-corrected chi connectivity index (χ4v) is 3.15. The summed E-state index contributed by atoms with van der Waals surface area (Å²) in [6.07, 6.45) is 1.51. The van der Waals surface area contributed by atoms with E-state index >= 15 is 0 Å². The second kappa shape index (κ2) is 7.39. The number of nitrogens with zero attached hydrogens (tertiary/aromatic N) is 2. The van der Waals surface area contributed by atoms with Crippen LogP contribution < -0.4 is 5.32 Å². The second-order valence-electron chi connectivity index (χ2n) is 3.72. The van der Waals surface area contributed by atoms with E-state index in [2.05, 4.69) is 10.3 Å². The number of pyridine rings is 1. The maximum absolute atomic E-state index is 12.5. The van der Waals surface area contributed by atoms with Crippen LogP contribution in [-0.4, -0.2) is 63.3 Å². The highest BCUT2D eigenvalue weighted by atomic mass is 32.2. The molecule has 0 aliphatic rings. The third kappa shape index (κ3) is 3.87. The van der Waals surface area contributed by atoms with Gasteiger partial charge in [0.05, 0.1) is 13.2 Å². The summed E-state index contributed by atoms with van der Waals surface area (Å²) in [5.41, 5.74) is 0. The van der Waals surface area contributed by atoms with Gasteiger partial charge < -0.3 is 15.2 Å². The van der Waals surface area contributed by atoms with Gasteiger partial charge in [0.2, 0.25) is 10.0 Å². The van der Waals surface area contributed by atoms with E-state index in [-0.39, 0.29) is 37.0 Å². The minimum absolute atomic E-state index is 0.0176. The van der Waals surface area contributed by atoms with Gasteiger partial charge in [-0.25, -0.2) is 13.4 Å². The zero-order valence-electron chi connectivity index (χ0n) is 11.0. The first-order chi connectivity index (χ1) is 9.07. The van der Waals surface area contributed by atoms with Crippen LogP contribution in [0.2, 0.25) is 0 Å². The molecule has 0 aliphatic carbocycles.